The highest BCUT2D eigenvalue weighted by molar-refractivity contribution is 5.64. The molecule has 0 aliphatic heterocycles. The maximum Gasteiger partial charge on any atom is 0.404 e. The fourth-order valence-electron chi connectivity index (χ4n) is 2.76. The number of nitrogens with one attached hydrogen (secondary N) is 1. The first-order chi connectivity index (χ1) is 10.2. The third-order valence-corrected chi connectivity index (χ3v) is 3.87. The summed E-state index contributed by atoms with van der Waals surface area (Å²) < 4.78 is 5.77. The van der Waals surface area contributed by atoms with E-state index in [2.05, 4.69) is 15.5 Å². The molecule has 1 aliphatic carbocycles. The Morgan fingerprint density at radius 2 is 1.86 bits per heavy atom. The van der Waals surface area contributed by atoms with Crippen molar-refractivity contribution in [3.05, 3.63) is 36.2 Å². The van der Waals surface area contributed by atoms with Crippen LogP contribution in [-0.4, -0.2) is 27.4 Å². The monoisotopic (exact) mass is 287 g/mol. The van der Waals surface area contributed by atoms with Crippen LogP contribution in [-0.2, 0) is 0 Å². The van der Waals surface area contributed by atoms with E-state index < -0.39 is 6.09 Å². The summed E-state index contributed by atoms with van der Waals surface area (Å²) >= 11 is 0. The maximum atomic E-state index is 10.6. The SMILES string of the molecule is O=C(O)N[C@H]1CC[C@H](c2nnc(-c3ccccc3)o2)CC1. The smallest absolute Gasteiger partial charge is 0.404 e. The average Bonchev–Trinajstić information content (AvgIpc) is 2.98. The molecule has 1 saturated carbocycles. The molecule has 3 rings (SSSR count). The van der Waals surface area contributed by atoms with Gasteiger partial charge in [-0.2, -0.15) is 0 Å². The first kappa shape index (κ1) is 13.6. The first-order valence-corrected chi connectivity index (χ1v) is 7.10. The summed E-state index contributed by atoms with van der Waals surface area (Å²) in [6.45, 7) is 0. The van der Waals surface area contributed by atoms with Crippen LogP contribution in [0.4, 0.5) is 4.79 Å². The fraction of sp³-hybridized carbons (Fsp3) is 0.400. The Morgan fingerprint density at radius 1 is 1.14 bits per heavy atom. The summed E-state index contributed by atoms with van der Waals surface area (Å²) in [6.07, 6.45) is 2.38. The van der Waals surface area contributed by atoms with Crippen molar-refractivity contribution in [3.63, 3.8) is 0 Å². The minimum atomic E-state index is -0.956. The minimum Gasteiger partial charge on any atom is -0.465 e. The Labute approximate surface area is 122 Å². The molecule has 1 aromatic heterocycles. The van der Waals surface area contributed by atoms with Crippen LogP contribution >= 0.6 is 0 Å². The molecule has 1 aromatic carbocycles. The van der Waals surface area contributed by atoms with Gasteiger partial charge in [0, 0.05) is 17.5 Å². The zero-order valence-corrected chi connectivity index (χ0v) is 11.5. The van der Waals surface area contributed by atoms with Crippen molar-refractivity contribution in [2.75, 3.05) is 0 Å². The van der Waals surface area contributed by atoms with Crippen molar-refractivity contribution in [2.45, 2.75) is 37.6 Å². The molecular formula is C15H17N3O3. The highest BCUT2D eigenvalue weighted by atomic mass is 16.4. The van der Waals surface area contributed by atoms with E-state index in [0.717, 1.165) is 31.2 Å². The van der Waals surface area contributed by atoms with Gasteiger partial charge in [-0.05, 0) is 37.8 Å². The van der Waals surface area contributed by atoms with Gasteiger partial charge in [0.15, 0.2) is 0 Å². The maximum absolute atomic E-state index is 10.6. The largest absolute Gasteiger partial charge is 0.465 e. The Balaban J connectivity index is 1.64. The van der Waals surface area contributed by atoms with Gasteiger partial charge in [0.2, 0.25) is 11.8 Å². The van der Waals surface area contributed by atoms with E-state index in [-0.39, 0.29) is 12.0 Å². The molecule has 6 nitrogen and oxygen atoms in total. The topological polar surface area (TPSA) is 88.2 Å². The standard InChI is InChI=1S/C15H17N3O3/c19-15(20)16-12-8-6-11(7-9-12)14-18-17-13(21-14)10-4-2-1-3-5-10/h1-5,11-12,16H,6-9H2,(H,19,20)/t11-,12-. The number of benzene rings is 1. The van der Waals surface area contributed by atoms with E-state index in [4.69, 9.17) is 9.52 Å². The van der Waals surface area contributed by atoms with Crippen molar-refractivity contribution in [3.8, 4) is 11.5 Å². The lowest BCUT2D eigenvalue weighted by molar-refractivity contribution is 0.184. The number of carboxylic acid groups (broad SMARTS) is 1. The van der Waals surface area contributed by atoms with Gasteiger partial charge in [-0.3, -0.25) is 0 Å². The molecule has 2 N–H and O–H groups in total. The van der Waals surface area contributed by atoms with Crippen LogP contribution < -0.4 is 5.32 Å². The quantitative estimate of drug-likeness (QED) is 0.905. The first-order valence-electron chi connectivity index (χ1n) is 7.10. The van der Waals surface area contributed by atoms with Crippen molar-refractivity contribution in [1.82, 2.24) is 15.5 Å². The molecule has 2 aromatic rings. The Hall–Kier alpha value is -2.37. The number of carbonyl (C=O) groups is 1. The lowest BCUT2D eigenvalue weighted by Crippen LogP contribution is -2.36. The lowest BCUT2D eigenvalue weighted by atomic mass is 9.86. The lowest BCUT2D eigenvalue weighted by Gasteiger charge is -2.26. The van der Waals surface area contributed by atoms with E-state index in [9.17, 15) is 4.79 Å². The average molecular weight is 287 g/mol. The second-order valence-electron chi connectivity index (χ2n) is 5.31. The van der Waals surface area contributed by atoms with Crippen LogP contribution in [0.1, 0.15) is 37.5 Å². The summed E-state index contributed by atoms with van der Waals surface area (Å²) in [5.74, 6) is 1.42. The second-order valence-corrected chi connectivity index (χ2v) is 5.31. The van der Waals surface area contributed by atoms with Crippen LogP contribution in [0.5, 0.6) is 0 Å². The van der Waals surface area contributed by atoms with Crippen LogP contribution in [0, 0.1) is 0 Å². The number of rotatable bonds is 3. The number of hydrogen-bond donors (Lipinski definition) is 2. The molecule has 1 fully saturated rings. The molecule has 6 heteroatoms. The van der Waals surface area contributed by atoms with Crippen molar-refractivity contribution in [2.24, 2.45) is 0 Å². The Morgan fingerprint density at radius 3 is 2.52 bits per heavy atom. The molecular weight excluding hydrogens is 270 g/mol. The third kappa shape index (κ3) is 3.21. The Bertz CT molecular complexity index is 604. The third-order valence-electron chi connectivity index (χ3n) is 3.87. The molecule has 21 heavy (non-hydrogen) atoms. The summed E-state index contributed by atoms with van der Waals surface area (Å²) in [6, 6.07) is 9.72. The summed E-state index contributed by atoms with van der Waals surface area (Å²) in [4.78, 5) is 10.6. The summed E-state index contributed by atoms with van der Waals surface area (Å²) in [5, 5.41) is 19.5. The number of nitrogens with zero attached hydrogens (tertiary/aromatic N) is 2. The molecule has 0 saturated heterocycles. The highest BCUT2D eigenvalue weighted by Crippen LogP contribution is 2.33. The predicted molar refractivity (Wildman–Crippen MR) is 75.9 cm³/mol. The fourth-order valence-corrected chi connectivity index (χ4v) is 2.76. The van der Waals surface area contributed by atoms with Crippen LogP contribution in [0.2, 0.25) is 0 Å². The van der Waals surface area contributed by atoms with E-state index >= 15 is 0 Å². The molecule has 0 atom stereocenters. The molecule has 0 spiro atoms. The molecule has 1 amide bonds. The van der Waals surface area contributed by atoms with Gasteiger partial charge < -0.3 is 14.8 Å². The van der Waals surface area contributed by atoms with Gasteiger partial charge in [-0.15, -0.1) is 10.2 Å². The van der Waals surface area contributed by atoms with Crippen molar-refractivity contribution in [1.29, 1.82) is 0 Å². The number of hydrogen-bond acceptors (Lipinski definition) is 4. The normalized spacial score (nSPS) is 21.9. The van der Waals surface area contributed by atoms with Crippen LogP contribution in [0.15, 0.2) is 34.7 Å². The predicted octanol–water partition coefficient (Wildman–Crippen LogP) is 3.03. The van der Waals surface area contributed by atoms with Crippen molar-refractivity contribution < 1.29 is 14.3 Å². The van der Waals surface area contributed by atoms with E-state index in [1.807, 2.05) is 30.3 Å². The van der Waals surface area contributed by atoms with Gasteiger partial charge in [0.1, 0.15) is 0 Å². The number of amides is 1. The zero-order chi connectivity index (χ0) is 14.7. The molecule has 0 unspecified atom stereocenters. The van der Waals surface area contributed by atoms with Crippen LogP contribution in [0.25, 0.3) is 11.5 Å². The van der Waals surface area contributed by atoms with Crippen LogP contribution in [0.3, 0.4) is 0 Å². The second kappa shape index (κ2) is 5.95. The Kier molecular flexibility index (Phi) is 3.85. The van der Waals surface area contributed by atoms with Gasteiger partial charge in [0.25, 0.3) is 0 Å². The van der Waals surface area contributed by atoms with Crippen molar-refractivity contribution >= 4 is 6.09 Å². The molecule has 1 heterocycles. The molecule has 0 radical (unpaired) electrons. The van der Waals surface area contributed by atoms with Gasteiger partial charge >= 0.3 is 6.09 Å². The zero-order valence-electron chi connectivity index (χ0n) is 11.5. The van der Waals surface area contributed by atoms with Gasteiger partial charge in [-0.1, -0.05) is 18.2 Å². The highest BCUT2D eigenvalue weighted by Gasteiger charge is 2.27. The molecule has 1 aliphatic rings. The van der Waals surface area contributed by atoms with E-state index in [1.165, 1.54) is 0 Å². The van der Waals surface area contributed by atoms with Gasteiger partial charge in [-0.25, -0.2) is 4.79 Å². The van der Waals surface area contributed by atoms with E-state index in [1.54, 1.807) is 0 Å². The molecule has 110 valence electrons. The number of aromatic nitrogens is 2. The summed E-state index contributed by atoms with van der Waals surface area (Å²) in [7, 11) is 0. The molecule has 0 bridgehead atoms. The van der Waals surface area contributed by atoms with Gasteiger partial charge in [0.05, 0.1) is 0 Å². The minimum absolute atomic E-state index is 0.0373. The summed E-state index contributed by atoms with van der Waals surface area (Å²) in [5.41, 5.74) is 0.914. The van der Waals surface area contributed by atoms with E-state index in [0.29, 0.717) is 11.8 Å².